The van der Waals surface area contributed by atoms with Crippen molar-refractivity contribution in [2.24, 2.45) is 0 Å². The Kier molecular flexibility index (Phi) is 5.56. The monoisotopic (exact) mass is 345 g/mol. The molecule has 0 aliphatic rings. The number of methoxy groups -OCH3 is 1. The Morgan fingerprint density at radius 1 is 1.30 bits per heavy atom. The fraction of sp³-hybridized carbons (Fsp3) is 0.467. The summed E-state index contributed by atoms with van der Waals surface area (Å²) in [6.45, 7) is 2.59. The highest BCUT2D eigenvalue weighted by atomic mass is 32.2. The van der Waals surface area contributed by atoms with Gasteiger partial charge in [0.1, 0.15) is 11.6 Å². The first-order chi connectivity index (χ1) is 10.8. The molecule has 2 aromatic rings. The van der Waals surface area contributed by atoms with Crippen molar-refractivity contribution in [2.75, 3.05) is 25.2 Å². The van der Waals surface area contributed by atoms with Gasteiger partial charge in [0.05, 0.1) is 12.6 Å². The third-order valence-electron chi connectivity index (χ3n) is 3.40. The maximum Gasteiger partial charge on any atom is 0.451 e. The fourth-order valence-electron chi connectivity index (χ4n) is 2.01. The molecule has 0 saturated carbocycles. The summed E-state index contributed by atoms with van der Waals surface area (Å²) in [4.78, 5) is 7.27. The van der Waals surface area contributed by atoms with Crippen LogP contribution in [-0.4, -0.2) is 35.1 Å². The fourth-order valence-corrected chi connectivity index (χ4v) is 2.36. The van der Waals surface area contributed by atoms with E-state index in [1.165, 1.54) is 13.2 Å². The molecule has 0 aliphatic carbocycles. The average molecular weight is 345 g/mol. The van der Waals surface area contributed by atoms with Crippen LogP contribution in [0.1, 0.15) is 19.2 Å². The molecule has 1 N–H and O–H groups in total. The van der Waals surface area contributed by atoms with Crippen molar-refractivity contribution < 1.29 is 17.9 Å². The van der Waals surface area contributed by atoms with Gasteiger partial charge in [-0.3, -0.25) is 0 Å². The van der Waals surface area contributed by atoms with Gasteiger partial charge in [-0.15, -0.1) is 0 Å². The van der Waals surface area contributed by atoms with Gasteiger partial charge in [-0.2, -0.15) is 24.9 Å². The number of aromatic nitrogens is 2. The van der Waals surface area contributed by atoms with Crippen LogP contribution in [0.25, 0.3) is 10.9 Å². The molecule has 0 bridgehead atoms. The van der Waals surface area contributed by atoms with Gasteiger partial charge in [-0.25, -0.2) is 9.97 Å². The minimum Gasteiger partial charge on any atom is -0.497 e. The highest BCUT2D eigenvalue weighted by Crippen LogP contribution is 2.31. The van der Waals surface area contributed by atoms with Gasteiger partial charge in [-0.1, -0.05) is 6.92 Å². The highest BCUT2D eigenvalue weighted by Gasteiger charge is 2.35. The lowest BCUT2D eigenvalue weighted by atomic mass is 10.2. The molecule has 1 aromatic heterocycles. The van der Waals surface area contributed by atoms with Crippen molar-refractivity contribution >= 4 is 28.5 Å². The Bertz CT molecular complexity index is 679. The van der Waals surface area contributed by atoms with Gasteiger partial charge in [0.2, 0.25) is 5.82 Å². The zero-order chi connectivity index (χ0) is 17.0. The van der Waals surface area contributed by atoms with Crippen molar-refractivity contribution in [3.8, 4) is 5.75 Å². The molecule has 1 heterocycles. The second-order valence-electron chi connectivity index (χ2n) is 5.04. The van der Waals surface area contributed by atoms with Crippen molar-refractivity contribution in [2.45, 2.75) is 24.8 Å². The lowest BCUT2D eigenvalue weighted by molar-refractivity contribution is -0.144. The first-order valence-electron chi connectivity index (χ1n) is 7.04. The van der Waals surface area contributed by atoms with Gasteiger partial charge in [0.15, 0.2) is 0 Å². The van der Waals surface area contributed by atoms with Crippen molar-refractivity contribution in [3.63, 3.8) is 0 Å². The summed E-state index contributed by atoms with van der Waals surface area (Å²) in [5.74, 6) is -0.425. The molecular formula is C15H18F3N3OS. The molecule has 1 unspecified atom stereocenters. The summed E-state index contributed by atoms with van der Waals surface area (Å²) in [7, 11) is 1.50. The molecule has 126 valence electrons. The minimum atomic E-state index is -4.59. The number of hydrogen-bond donors (Lipinski definition) is 1. The second-order valence-corrected chi connectivity index (χ2v) is 6.31. The van der Waals surface area contributed by atoms with E-state index in [4.69, 9.17) is 4.74 Å². The van der Waals surface area contributed by atoms with Crippen LogP contribution in [0.4, 0.5) is 19.0 Å². The number of anilines is 1. The summed E-state index contributed by atoms with van der Waals surface area (Å²) in [5, 5.41) is 3.91. The van der Waals surface area contributed by atoms with E-state index in [2.05, 4.69) is 22.2 Å². The van der Waals surface area contributed by atoms with Crippen LogP contribution in [0.15, 0.2) is 18.2 Å². The summed E-state index contributed by atoms with van der Waals surface area (Å²) in [6, 6.07) is 4.71. The van der Waals surface area contributed by atoms with Gasteiger partial charge < -0.3 is 10.1 Å². The number of nitrogens with one attached hydrogen (secondary N) is 1. The molecule has 1 atom stereocenters. The third kappa shape index (κ3) is 4.40. The Hall–Kier alpha value is -1.70. The summed E-state index contributed by atoms with van der Waals surface area (Å²) >= 11 is 1.70. The van der Waals surface area contributed by atoms with Crippen LogP contribution in [0.3, 0.4) is 0 Å². The number of hydrogen-bond acceptors (Lipinski definition) is 5. The summed E-state index contributed by atoms with van der Waals surface area (Å²) in [6.07, 6.45) is -1.77. The molecule has 0 aliphatic heterocycles. The minimum absolute atomic E-state index is 0.175. The Balaban J connectivity index is 2.40. The van der Waals surface area contributed by atoms with E-state index in [1.807, 2.05) is 6.26 Å². The van der Waals surface area contributed by atoms with E-state index in [0.717, 1.165) is 6.42 Å². The predicted molar refractivity (Wildman–Crippen MR) is 87.2 cm³/mol. The first-order valence-corrected chi connectivity index (χ1v) is 8.33. The molecule has 0 amide bonds. The average Bonchev–Trinajstić information content (AvgIpc) is 2.53. The third-order valence-corrected chi connectivity index (χ3v) is 4.44. The normalized spacial score (nSPS) is 13.1. The van der Waals surface area contributed by atoms with Crippen molar-refractivity contribution in [3.05, 3.63) is 24.0 Å². The lowest BCUT2D eigenvalue weighted by Crippen LogP contribution is -2.15. The van der Waals surface area contributed by atoms with Crippen LogP contribution in [0, 0.1) is 0 Å². The predicted octanol–water partition coefficient (Wildman–Crippen LogP) is 4.21. The van der Waals surface area contributed by atoms with Gasteiger partial charge in [-0.05, 0) is 30.9 Å². The van der Waals surface area contributed by atoms with Crippen molar-refractivity contribution in [1.29, 1.82) is 0 Å². The van der Waals surface area contributed by atoms with E-state index in [0.29, 0.717) is 22.9 Å². The van der Waals surface area contributed by atoms with E-state index in [1.54, 1.807) is 23.9 Å². The Morgan fingerprint density at radius 3 is 2.65 bits per heavy atom. The van der Waals surface area contributed by atoms with Crippen LogP contribution >= 0.6 is 11.8 Å². The zero-order valence-electron chi connectivity index (χ0n) is 13.1. The molecule has 0 spiro atoms. The Morgan fingerprint density at radius 2 is 2.04 bits per heavy atom. The first kappa shape index (κ1) is 17.7. The number of fused-ring (bicyclic) bond motifs is 1. The highest BCUT2D eigenvalue weighted by molar-refractivity contribution is 7.99. The molecule has 4 nitrogen and oxygen atoms in total. The number of nitrogens with zero attached hydrogens (tertiary/aromatic N) is 2. The van der Waals surface area contributed by atoms with Crippen LogP contribution < -0.4 is 10.1 Å². The number of ether oxygens (including phenoxy) is 1. The topological polar surface area (TPSA) is 47.0 Å². The molecule has 23 heavy (non-hydrogen) atoms. The smallest absolute Gasteiger partial charge is 0.451 e. The van der Waals surface area contributed by atoms with Crippen molar-refractivity contribution in [1.82, 2.24) is 9.97 Å². The van der Waals surface area contributed by atoms with Crippen LogP contribution in [-0.2, 0) is 6.18 Å². The molecule has 0 saturated heterocycles. The number of halogens is 3. The van der Waals surface area contributed by atoms with Crippen LogP contribution in [0.2, 0.25) is 0 Å². The lowest BCUT2D eigenvalue weighted by Gasteiger charge is -2.14. The van der Waals surface area contributed by atoms with E-state index < -0.39 is 12.0 Å². The number of alkyl halides is 3. The van der Waals surface area contributed by atoms with E-state index in [9.17, 15) is 13.2 Å². The SMILES string of the molecule is COc1ccc2nc(C(F)(F)F)nc(NCCC(C)SC)c2c1. The quantitative estimate of drug-likeness (QED) is 0.850. The number of benzene rings is 1. The van der Waals surface area contributed by atoms with Gasteiger partial charge >= 0.3 is 6.18 Å². The van der Waals surface area contributed by atoms with E-state index >= 15 is 0 Å². The summed E-state index contributed by atoms with van der Waals surface area (Å²) in [5.41, 5.74) is 0.230. The zero-order valence-corrected chi connectivity index (χ0v) is 13.9. The second kappa shape index (κ2) is 7.25. The van der Waals surface area contributed by atoms with Gasteiger partial charge in [0, 0.05) is 17.2 Å². The maximum atomic E-state index is 13.0. The molecule has 8 heteroatoms. The summed E-state index contributed by atoms with van der Waals surface area (Å²) < 4.78 is 44.0. The van der Waals surface area contributed by atoms with Crippen LogP contribution in [0.5, 0.6) is 5.75 Å². The van der Waals surface area contributed by atoms with E-state index in [-0.39, 0.29) is 11.3 Å². The number of thioether (sulfide) groups is 1. The molecular weight excluding hydrogens is 327 g/mol. The standard InChI is InChI=1S/C15H18F3N3OS/c1-9(23-3)6-7-19-13-11-8-10(22-2)4-5-12(11)20-14(21-13)15(16,17)18/h4-5,8-9H,6-7H2,1-3H3,(H,19,20,21). The maximum absolute atomic E-state index is 13.0. The largest absolute Gasteiger partial charge is 0.497 e. The molecule has 1 aromatic carbocycles. The molecule has 2 rings (SSSR count). The number of rotatable bonds is 6. The Labute approximate surface area is 136 Å². The van der Waals surface area contributed by atoms with Gasteiger partial charge in [0.25, 0.3) is 0 Å². The molecule has 0 fully saturated rings. The molecule has 0 radical (unpaired) electrons.